The molecule has 0 aromatic rings. The fourth-order valence-electron chi connectivity index (χ4n) is 1.70. The van der Waals surface area contributed by atoms with Crippen LogP contribution < -0.4 is 0 Å². The highest BCUT2D eigenvalue weighted by Gasteiger charge is 2.49. The molecule has 3 nitrogen and oxygen atoms in total. The van der Waals surface area contributed by atoms with E-state index < -0.39 is 0 Å². The first-order valence-corrected chi connectivity index (χ1v) is 6.14. The second-order valence-corrected chi connectivity index (χ2v) is 4.78. The van der Waals surface area contributed by atoms with Crippen LogP contribution in [-0.2, 0) is 14.3 Å². The summed E-state index contributed by atoms with van der Waals surface area (Å²) >= 11 is 0. The molecular weight excluding hydrogens is 216 g/mol. The molecule has 0 saturated carbocycles. The third kappa shape index (κ3) is 4.73. The zero-order valence-corrected chi connectivity index (χ0v) is 11.2. The molecule has 0 amide bonds. The van der Waals surface area contributed by atoms with E-state index in [0.29, 0.717) is 6.61 Å². The standard InChI is InChI=1S/C14H22O3/c1-5-16-13(15)9-8-12-14(4,17-12)10-6-7-11(2)3/h7-9,12H,5-6,10H2,1-4H3/b9-8-/t12-,14-/m0/s1. The Labute approximate surface area is 103 Å². The van der Waals surface area contributed by atoms with Crippen LogP contribution in [0.5, 0.6) is 0 Å². The molecule has 0 N–H and O–H groups in total. The van der Waals surface area contributed by atoms with Crippen molar-refractivity contribution < 1.29 is 14.3 Å². The maximum Gasteiger partial charge on any atom is 0.330 e. The molecule has 0 aromatic carbocycles. The Bertz CT molecular complexity index is 326. The van der Waals surface area contributed by atoms with Gasteiger partial charge in [-0.25, -0.2) is 4.79 Å². The minimum atomic E-state index is -0.297. The van der Waals surface area contributed by atoms with Crippen molar-refractivity contribution in [1.82, 2.24) is 0 Å². The number of rotatable bonds is 6. The zero-order chi connectivity index (χ0) is 12.9. The molecule has 3 heteroatoms. The zero-order valence-electron chi connectivity index (χ0n) is 11.2. The monoisotopic (exact) mass is 238 g/mol. The smallest absolute Gasteiger partial charge is 0.330 e. The molecule has 0 radical (unpaired) electrons. The van der Waals surface area contributed by atoms with Crippen molar-refractivity contribution in [2.75, 3.05) is 6.61 Å². The van der Waals surface area contributed by atoms with Gasteiger partial charge >= 0.3 is 5.97 Å². The Morgan fingerprint density at radius 1 is 1.47 bits per heavy atom. The largest absolute Gasteiger partial charge is 0.463 e. The molecule has 1 rings (SSSR count). The van der Waals surface area contributed by atoms with Crippen molar-refractivity contribution in [3.8, 4) is 0 Å². The van der Waals surface area contributed by atoms with Gasteiger partial charge in [0.25, 0.3) is 0 Å². The van der Waals surface area contributed by atoms with Gasteiger partial charge in [0.1, 0.15) is 6.10 Å². The predicted octanol–water partition coefficient (Wildman–Crippen LogP) is 3.01. The van der Waals surface area contributed by atoms with Crippen LogP contribution in [0.2, 0.25) is 0 Å². The molecule has 0 unspecified atom stereocenters. The SMILES string of the molecule is CCOC(=O)/C=C\[C@@H]1O[C@@]1(C)CCC=C(C)C. The van der Waals surface area contributed by atoms with Gasteiger partial charge in [-0.15, -0.1) is 0 Å². The maximum atomic E-state index is 11.1. The van der Waals surface area contributed by atoms with Gasteiger partial charge < -0.3 is 9.47 Å². The highest BCUT2D eigenvalue weighted by Crippen LogP contribution is 2.41. The van der Waals surface area contributed by atoms with E-state index in [-0.39, 0.29) is 17.7 Å². The van der Waals surface area contributed by atoms with Crippen LogP contribution in [0.1, 0.15) is 40.5 Å². The van der Waals surface area contributed by atoms with Gasteiger partial charge in [0, 0.05) is 6.08 Å². The van der Waals surface area contributed by atoms with Gasteiger partial charge in [-0.3, -0.25) is 0 Å². The van der Waals surface area contributed by atoms with E-state index in [9.17, 15) is 4.79 Å². The Morgan fingerprint density at radius 3 is 2.76 bits per heavy atom. The van der Waals surface area contributed by atoms with Gasteiger partial charge in [-0.2, -0.15) is 0 Å². The van der Waals surface area contributed by atoms with Crippen LogP contribution >= 0.6 is 0 Å². The summed E-state index contributed by atoms with van der Waals surface area (Å²) in [7, 11) is 0. The number of esters is 1. The molecule has 0 aromatic heterocycles. The van der Waals surface area contributed by atoms with Gasteiger partial charge in [0.05, 0.1) is 12.2 Å². The highest BCUT2D eigenvalue weighted by atomic mass is 16.6. The van der Waals surface area contributed by atoms with Crippen LogP contribution in [0.15, 0.2) is 23.8 Å². The van der Waals surface area contributed by atoms with E-state index >= 15 is 0 Å². The molecular formula is C14H22O3. The van der Waals surface area contributed by atoms with E-state index in [0.717, 1.165) is 12.8 Å². The molecule has 2 atom stereocenters. The van der Waals surface area contributed by atoms with Crippen molar-refractivity contribution in [1.29, 1.82) is 0 Å². The van der Waals surface area contributed by atoms with Crippen LogP contribution in [0, 0.1) is 0 Å². The summed E-state index contributed by atoms with van der Waals surface area (Å²) in [6, 6.07) is 0. The average Bonchev–Trinajstić information content (AvgIpc) is 2.87. The summed E-state index contributed by atoms with van der Waals surface area (Å²) in [6.07, 6.45) is 7.51. The predicted molar refractivity (Wildman–Crippen MR) is 67.7 cm³/mol. The first-order valence-electron chi connectivity index (χ1n) is 6.14. The lowest BCUT2D eigenvalue weighted by Crippen LogP contribution is -2.08. The summed E-state index contributed by atoms with van der Waals surface area (Å²) in [5.74, 6) is -0.297. The number of epoxide rings is 1. The Hall–Kier alpha value is -1.09. The van der Waals surface area contributed by atoms with E-state index in [1.54, 1.807) is 13.0 Å². The molecule has 1 aliphatic heterocycles. The number of carbonyl (C=O) groups excluding carboxylic acids is 1. The normalized spacial score (nSPS) is 26.9. The molecule has 1 saturated heterocycles. The minimum absolute atomic E-state index is 0.0532. The Morgan fingerprint density at radius 2 is 2.18 bits per heavy atom. The molecule has 96 valence electrons. The van der Waals surface area contributed by atoms with Crippen molar-refractivity contribution >= 4 is 5.97 Å². The van der Waals surface area contributed by atoms with E-state index in [2.05, 4.69) is 26.8 Å². The summed E-state index contributed by atoms with van der Waals surface area (Å²) in [4.78, 5) is 11.1. The lowest BCUT2D eigenvalue weighted by molar-refractivity contribution is -0.137. The number of hydrogen-bond acceptors (Lipinski definition) is 3. The van der Waals surface area contributed by atoms with Gasteiger partial charge in [-0.1, -0.05) is 11.6 Å². The van der Waals surface area contributed by atoms with Crippen LogP contribution in [0.25, 0.3) is 0 Å². The van der Waals surface area contributed by atoms with Crippen molar-refractivity contribution in [2.24, 2.45) is 0 Å². The third-order valence-corrected chi connectivity index (χ3v) is 2.83. The van der Waals surface area contributed by atoms with Crippen molar-refractivity contribution in [3.63, 3.8) is 0 Å². The molecule has 0 spiro atoms. The van der Waals surface area contributed by atoms with Crippen LogP contribution in [0.4, 0.5) is 0 Å². The molecule has 1 heterocycles. The fourth-order valence-corrected chi connectivity index (χ4v) is 1.70. The van der Waals surface area contributed by atoms with Gasteiger partial charge in [0.2, 0.25) is 0 Å². The molecule has 0 bridgehead atoms. The fraction of sp³-hybridized carbons (Fsp3) is 0.643. The molecule has 1 aliphatic rings. The lowest BCUT2D eigenvalue weighted by Gasteiger charge is -2.02. The van der Waals surface area contributed by atoms with Gasteiger partial charge in [0.15, 0.2) is 0 Å². The highest BCUT2D eigenvalue weighted by molar-refractivity contribution is 5.82. The van der Waals surface area contributed by atoms with Crippen molar-refractivity contribution in [2.45, 2.75) is 52.2 Å². The van der Waals surface area contributed by atoms with Gasteiger partial charge in [-0.05, 0) is 46.6 Å². The first-order chi connectivity index (χ1) is 7.98. The molecule has 1 fully saturated rings. The second kappa shape index (κ2) is 6.01. The number of ether oxygens (including phenoxy) is 2. The average molecular weight is 238 g/mol. The first kappa shape index (κ1) is 14.0. The lowest BCUT2D eigenvalue weighted by atomic mass is 10.0. The minimum Gasteiger partial charge on any atom is -0.463 e. The van der Waals surface area contributed by atoms with E-state index in [1.165, 1.54) is 11.6 Å². The van der Waals surface area contributed by atoms with Crippen LogP contribution in [0.3, 0.4) is 0 Å². The topological polar surface area (TPSA) is 38.8 Å². The summed E-state index contributed by atoms with van der Waals surface area (Å²) in [6.45, 7) is 8.46. The van der Waals surface area contributed by atoms with E-state index in [1.807, 2.05) is 0 Å². The number of carbonyl (C=O) groups is 1. The maximum absolute atomic E-state index is 11.1. The quantitative estimate of drug-likeness (QED) is 0.309. The number of hydrogen-bond donors (Lipinski definition) is 0. The molecule has 17 heavy (non-hydrogen) atoms. The van der Waals surface area contributed by atoms with Crippen LogP contribution in [-0.4, -0.2) is 24.3 Å². The second-order valence-electron chi connectivity index (χ2n) is 4.78. The number of allylic oxidation sites excluding steroid dienone is 2. The third-order valence-electron chi connectivity index (χ3n) is 2.83. The van der Waals surface area contributed by atoms with Crippen molar-refractivity contribution in [3.05, 3.63) is 23.8 Å². The Balaban J connectivity index is 2.31. The Kier molecular flexibility index (Phi) is 4.94. The summed E-state index contributed by atoms with van der Waals surface area (Å²) < 4.78 is 10.4. The molecule has 0 aliphatic carbocycles. The summed E-state index contributed by atoms with van der Waals surface area (Å²) in [5, 5.41) is 0. The summed E-state index contributed by atoms with van der Waals surface area (Å²) in [5.41, 5.74) is 1.22. The van der Waals surface area contributed by atoms with E-state index in [4.69, 9.17) is 9.47 Å².